The Hall–Kier alpha value is -0.950. The number of nitro groups is 1. The summed E-state index contributed by atoms with van der Waals surface area (Å²) < 4.78 is 12.0. The van der Waals surface area contributed by atoms with Gasteiger partial charge in [-0.05, 0) is 41.8 Å². The van der Waals surface area contributed by atoms with Crippen molar-refractivity contribution in [3.05, 3.63) is 32.3 Å². The van der Waals surface area contributed by atoms with Gasteiger partial charge in [-0.25, -0.2) is 0 Å². The summed E-state index contributed by atoms with van der Waals surface area (Å²) in [6, 6.07) is 3.60. The largest absolute Gasteiger partial charge is 0.381 e. The van der Waals surface area contributed by atoms with E-state index in [1.54, 1.807) is 13.0 Å². The van der Waals surface area contributed by atoms with Crippen molar-refractivity contribution in [1.29, 1.82) is 0 Å². The molecule has 0 radical (unpaired) electrons. The van der Waals surface area contributed by atoms with Crippen molar-refractivity contribution < 1.29 is 9.13 Å². The molecule has 1 aromatic carbocycles. The molecule has 0 aromatic heterocycles. The zero-order valence-electron chi connectivity index (χ0n) is 10.5. The first-order valence-electron chi connectivity index (χ1n) is 6.03. The van der Waals surface area contributed by atoms with Gasteiger partial charge in [-0.1, -0.05) is 0 Å². The molecule has 0 spiro atoms. The van der Waals surface area contributed by atoms with E-state index in [1.165, 1.54) is 6.07 Å². The molecule has 1 aromatic rings. The van der Waals surface area contributed by atoms with E-state index in [4.69, 9.17) is 0 Å². The SMILES string of the molecule is Cc1cc(NC2CCS(=O)CC2)c(Br)cc1[N+](=O)[O-]. The highest BCUT2D eigenvalue weighted by atomic mass is 79.9. The second-order valence-corrected chi connectivity index (χ2v) is 7.19. The zero-order valence-corrected chi connectivity index (χ0v) is 12.9. The molecule has 0 amide bonds. The minimum absolute atomic E-state index is 0.113. The van der Waals surface area contributed by atoms with Gasteiger partial charge in [0, 0.05) is 50.1 Å². The van der Waals surface area contributed by atoms with Gasteiger partial charge in [-0.3, -0.25) is 14.3 Å². The first-order chi connectivity index (χ1) is 8.97. The Morgan fingerprint density at radius 1 is 1.42 bits per heavy atom. The van der Waals surface area contributed by atoms with Gasteiger partial charge in [-0.2, -0.15) is 0 Å². The summed E-state index contributed by atoms with van der Waals surface area (Å²) in [7, 11) is -0.680. The average molecular weight is 347 g/mol. The fraction of sp³-hybridized carbons (Fsp3) is 0.500. The number of aryl methyl sites for hydroxylation is 1. The number of nitrogens with one attached hydrogen (secondary N) is 1. The quantitative estimate of drug-likeness (QED) is 0.674. The maximum Gasteiger partial charge on any atom is 0.273 e. The Morgan fingerprint density at radius 3 is 2.63 bits per heavy atom. The van der Waals surface area contributed by atoms with Crippen LogP contribution in [0, 0.1) is 17.0 Å². The van der Waals surface area contributed by atoms with Gasteiger partial charge in [0.25, 0.3) is 5.69 Å². The van der Waals surface area contributed by atoms with E-state index >= 15 is 0 Å². The van der Waals surface area contributed by atoms with Gasteiger partial charge in [0.2, 0.25) is 0 Å². The Kier molecular flexibility index (Phi) is 4.57. The third kappa shape index (κ3) is 3.54. The molecule has 0 bridgehead atoms. The van der Waals surface area contributed by atoms with E-state index in [0.29, 0.717) is 10.0 Å². The van der Waals surface area contributed by atoms with E-state index in [2.05, 4.69) is 21.2 Å². The lowest BCUT2D eigenvalue weighted by Crippen LogP contribution is -2.29. The van der Waals surface area contributed by atoms with Gasteiger partial charge in [0.15, 0.2) is 0 Å². The molecule has 7 heteroatoms. The summed E-state index contributed by atoms with van der Waals surface area (Å²) in [5.74, 6) is 1.45. The standard InChI is InChI=1S/C12H15BrN2O3S/c1-8-6-11(10(13)7-12(8)15(16)17)14-9-2-4-19(18)5-3-9/h6-7,9,14H,2-5H2,1H3. The Balaban J connectivity index is 2.15. The van der Waals surface area contributed by atoms with Crippen LogP contribution in [0.3, 0.4) is 0 Å². The second kappa shape index (κ2) is 6.00. The molecule has 0 aliphatic carbocycles. The van der Waals surface area contributed by atoms with Crippen molar-refractivity contribution in [3.8, 4) is 0 Å². The Bertz CT molecular complexity index is 526. The van der Waals surface area contributed by atoms with Crippen LogP contribution in [0.15, 0.2) is 16.6 Å². The van der Waals surface area contributed by atoms with Crippen LogP contribution in [0.2, 0.25) is 0 Å². The first kappa shape index (κ1) is 14.5. The Labute approximate surface area is 122 Å². The smallest absolute Gasteiger partial charge is 0.273 e. The summed E-state index contributed by atoms with van der Waals surface area (Å²) in [4.78, 5) is 10.5. The summed E-state index contributed by atoms with van der Waals surface area (Å²) >= 11 is 3.36. The van der Waals surface area contributed by atoms with Crippen molar-refractivity contribution in [2.75, 3.05) is 16.8 Å². The van der Waals surface area contributed by atoms with Crippen molar-refractivity contribution in [2.45, 2.75) is 25.8 Å². The molecular formula is C12H15BrN2O3S. The molecule has 1 saturated heterocycles. The molecule has 2 rings (SSSR count). The fourth-order valence-electron chi connectivity index (χ4n) is 2.14. The minimum Gasteiger partial charge on any atom is -0.381 e. The van der Waals surface area contributed by atoms with Gasteiger partial charge < -0.3 is 5.32 Å². The molecule has 1 heterocycles. The molecule has 1 fully saturated rings. The van der Waals surface area contributed by atoms with Gasteiger partial charge >= 0.3 is 0 Å². The first-order valence-corrected chi connectivity index (χ1v) is 8.31. The molecule has 0 atom stereocenters. The maximum atomic E-state index is 11.3. The normalized spacial score (nSPS) is 23.1. The Morgan fingerprint density at radius 2 is 2.05 bits per heavy atom. The summed E-state index contributed by atoms with van der Waals surface area (Å²) in [6.07, 6.45) is 1.74. The summed E-state index contributed by atoms with van der Waals surface area (Å²) in [6.45, 7) is 1.73. The predicted octanol–water partition coefficient (Wildman–Crippen LogP) is 2.99. The number of nitrogens with zero attached hydrogens (tertiary/aromatic N) is 1. The van der Waals surface area contributed by atoms with Crippen LogP contribution in [0.1, 0.15) is 18.4 Å². The molecular weight excluding hydrogens is 332 g/mol. The van der Waals surface area contributed by atoms with Crippen LogP contribution in [-0.2, 0) is 10.8 Å². The van der Waals surface area contributed by atoms with Crippen LogP contribution >= 0.6 is 15.9 Å². The lowest BCUT2D eigenvalue weighted by atomic mass is 10.1. The third-order valence-electron chi connectivity index (χ3n) is 3.23. The number of anilines is 1. The summed E-state index contributed by atoms with van der Waals surface area (Å²) in [5.41, 5.74) is 1.61. The van der Waals surface area contributed by atoms with Crippen LogP contribution in [0.4, 0.5) is 11.4 Å². The monoisotopic (exact) mass is 346 g/mol. The number of rotatable bonds is 3. The van der Waals surface area contributed by atoms with Crippen molar-refractivity contribution in [3.63, 3.8) is 0 Å². The van der Waals surface area contributed by atoms with Crippen molar-refractivity contribution in [2.24, 2.45) is 0 Å². The van der Waals surface area contributed by atoms with Gasteiger partial charge in [0.1, 0.15) is 0 Å². The topological polar surface area (TPSA) is 72.2 Å². The predicted molar refractivity (Wildman–Crippen MR) is 80.1 cm³/mol. The zero-order chi connectivity index (χ0) is 14.0. The van der Waals surface area contributed by atoms with Gasteiger partial charge in [-0.15, -0.1) is 0 Å². The summed E-state index contributed by atoms with van der Waals surface area (Å²) in [5, 5.41) is 14.2. The molecule has 1 aliphatic rings. The van der Waals surface area contributed by atoms with E-state index in [0.717, 1.165) is 30.0 Å². The highest BCUT2D eigenvalue weighted by Crippen LogP contribution is 2.31. The molecule has 104 valence electrons. The highest BCUT2D eigenvalue weighted by Gasteiger charge is 2.20. The fourth-order valence-corrected chi connectivity index (χ4v) is 3.88. The number of benzene rings is 1. The van der Waals surface area contributed by atoms with E-state index in [1.807, 2.05) is 0 Å². The van der Waals surface area contributed by atoms with E-state index in [-0.39, 0.29) is 16.7 Å². The highest BCUT2D eigenvalue weighted by molar-refractivity contribution is 9.10. The average Bonchev–Trinajstić information content (AvgIpc) is 2.35. The lowest BCUT2D eigenvalue weighted by molar-refractivity contribution is -0.385. The second-order valence-electron chi connectivity index (χ2n) is 4.64. The van der Waals surface area contributed by atoms with Gasteiger partial charge in [0.05, 0.1) is 4.92 Å². The van der Waals surface area contributed by atoms with Crippen LogP contribution in [0.5, 0.6) is 0 Å². The molecule has 5 nitrogen and oxygen atoms in total. The van der Waals surface area contributed by atoms with Crippen LogP contribution < -0.4 is 5.32 Å². The van der Waals surface area contributed by atoms with Crippen LogP contribution in [-0.4, -0.2) is 26.7 Å². The van der Waals surface area contributed by atoms with Crippen molar-refractivity contribution >= 4 is 38.1 Å². The number of nitro benzene ring substituents is 1. The molecule has 19 heavy (non-hydrogen) atoms. The molecule has 1 N–H and O–H groups in total. The van der Waals surface area contributed by atoms with Crippen LogP contribution in [0.25, 0.3) is 0 Å². The number of hydrogen-bond acceptors (Lipinski definition) is 4. The molecule has 0 saturated carbocycles. The minimum atomic E-state index is -0.680. The lowest BCUT2D eigenvalue weighted by Gasteiger charge is -2.24. The van der Waals surface area contributed by atoms with Crippen molar-refractivity contribution in [1.82, 2.24) is 0 Å². The maximum absolute atomic E-state index is 11.3. The number of hydrogen-bond donors (Lipinski definition) is 1. The number of halogens is 1. The molecule has 0 unspecified atom stereocenters. The van der Waals surface area contributed by atoms with E-state index < -0.39 is 10.8 Å². The molecule has 1 aliphatic heterocycles. The third-order valence-corrected chi connectivity index (χ3v) is 5.27. The van der Waals surface area contributed by atoms with E-state index in [9.17, 15) is 14.3 Å².